The van der Waals surface area contributed by atoms with Gasteiger partial charge in [-0.25, -0.2) is 0 Å². The Morgan fingerprint density at radius 1 is 0.857 bits per heavy atom. The number of hydrogen-bond donors (Lipinski definition) is 1. The molecule has 1 aliphatic carbocycles. The van der Waals surface area contributed by atoms with E-state index in [0.29, 0.717) is 0 Å². The standard InChI is InChI=1S/C19H30N2/c1-2-7-11-18(12-8-3-1)20-19-13-14-21(16-19)15-17-9-5-4-6-10-17/h4-6,9-10,18-20H,1-3,7-8,11-16H2. The van der Waals surface area contributed by atoms with Crippen molar-refractivity contribution in [3.63, 3.8) is 0 Å². The molecule has 1 saturated heterocycles. The summed E-state index contributed by atoms with van der Waals surface area (Å²) in [5, 5.41) is 3.96. The normalized spacial score (nSPS) is 25.6. The van der Waals surface area contributed by atoms with Crippen molar-refractivity contribution in [3.05, 3.63) is 35.9 Å². The second-order valence-corrected chi connectivity index (χ2v) is 6.92. The van der Waals surface area contributed by atoms with Gasteiger partial charge in [-0.05, 0) is 24.8 Å². The van der Waals surface area contributed by atoms with Crippen LogP contribution in [0.4, 0.5) is 0 Å². The lowest BCUT2D eigenvalue weighted by Gasteiger charge is -2.25. The van der Waals surface area contributed by atoms with Gasteiger partial charge in [0.25, 0.3) is 0 Å². The second kappa shape index (κ2) is 7.95. The van der Waals surface area contributed by atoms with Gasteiger partial charge in [-0.3, -0.25) is 4.90 Å². The molecule has 1 aromatic rings. The first-order valence-electron chi connectivity index (χ1n) is 8.92. The van der Waals surface area contributed by atoms with Crippen LogP contribution in [0.2, 0.25) is 0 Å². The maximum atomic E-state index is 3.96. The summed E-state index contributed by atoms with van der Waals surface area (Å²) >= 11 is 0. The van der Waals surface area contributed by atoms with Crippen molar-refractivity contribution in [1.82, 2.24) is 10.2 Å². The van der Waals surface area contributed by atoms with Gasteiger partial charge < -0.3 is 5.32 Å². The number of rotatable bonds is 4. The molecule has 0 radical (unpaired) electrons. The first-order chi connectivity index (χ1) is 10.4. The second-order valence-electron chi connectivity index (χ2n) is 6.92. The van der Waals surface area contributed by atoms with Gasteiger partial charge in [0, 0.05) is 31.7 Å². The monoisotopic (exact) mass is 286 g/mol. The van der Waals surface area contributed by atoms with Crippen LogP contribution in [0.5, 0.6) is 0 Å². The van der Waals surface area contributed by atoms with Crippen LogP contribution in [0.3, 0.4) is 0 Å². The minimum absolute atomic E-state index is 0.720. The lowest BCUT2D eigenvalue weighted by Crippen LogP contribution is -2.40. The molecule has 1 saturated carbocycles. The Hall–Kier alpha value is -0.860. The molecule has 116 valence electrons. The van der Waals surface area contributed by atoms with Crippen LogP contribution >= 0.6 is 0 Å². The maximum absolute atomic E-state index is 3.96. The Labute approximate surface area is 129 Å². The highest BCUT2D eigenvalue weighted by Gasteiger charge is 2.24. The van der Waals surface area contributed by atoms with E-state index in [1.165, 1.54) is 70.0 Å². The fourth-order valence-electron chi connectivity index (χ4n) is 3.91. The van der Waals surface area contributed by atoms with E-state index >= 15 is 0 Å². The zero-order chi connectivity index (χ0) is 14.3. The molecule has 0 amide bonds. The molecule has 2 aliphatic rings. The van der Waals surface area contributed by atoms with Crippen molar-refractivity contribution in [2.45, 2.75) is 70.0 Å². The largest absolute Gasteiger partial charge is 0.310 e. The first kappa shape index (κ1) is 15.1. The first-order valence-corrected chi connectivity index (χ1v) is 8.92. The molecular weight excluding hydrogens is 256 g/mol. The van der Waals surface area contributed by atoms with E-state index in [1.54, 1.807) is 0 Å². The van der Waals surface area contributed by atoms with Crippen LogP contribution in [0.15, 0.2) is 30.3 Å². The van der Waals surface area contributed by atoms with Crippen LogP contribution in [-0.2, 0) is 6.54 Å². The van der Waals surface area contributed by atoms with Gasteiger partial charge >= 0.3 is 0 Å². The highest BCUT2D eigenvalue weighted by atomic mass is 15.2. The molecule has 0 spiro atoms. The van der Waals surface area contributed by atoms with Crippen LogP contribution in [-0.4, -0.2) is 30.1 Å². The Kier molecular flexibility index (Phi) is 5.70. The van der Waals surface area contributed by atoms with Crippen LogP contribution < -0.4 is 5.32 Å². The molecule has 1 atom stereocenters. The summed E-state index contributed by atoms with van der Waals surface area (Å²) in [5.74, 6) is 0. The SMILES string of the molecule is c1ccc(CN2CCC(NC3CCCCCCC3)C2)cc1. The third-order valence-corrected chi connectivity index (χ3v) is 5.10. The van der Waals surface area contributed by atoms with Crippen molar-refractivity contribution < 1.29 is 0 Å². The quantitative estimate of drug-likeness (QED) is 0.901. The van der Waals surface area contributed by atoms with Gasteiger partial charge in [-0.2, -0.15) is 0 Å². The maximum Gasteiger partial charge on any atom is 0.0234 e. The summed E-state index contributed by atoms with van der Waals surface area (Å²) in [5.41, 5.74) is 1.45. The molecule has 1 N–H and O–H groups in total. The number of nitrogens with one attached hydrogen (secondary N) is 1. The molecule has 0 aromatic heterocycles. The topological polar surface area (TPSA) is 15.3 Å². The summed E-state index contributed by atoms with van der Waals surface area (Å²) in [4.78, 5) is 2.61. The number of hydrogen-bond acceptors (Lipinski definition) is 2. The van der Waals surface area contributed by atoms with Crippen molar-refractivity contribution in [1.29, 1.82) is 0 Å². The lowest BCUT2D eigenvalue weighted by molar-refractivity contribution is 0.303. The molecule has 3 rings (SSSR count). The van der Waals surface area contributed by atoms with Crippen molar-refractivity contribution >= 4 is 0 Å². The molecule has 1 aromatic carbocycles. The molecule has 21 heavy (non-hydrogen) atoms. The van der Waals surface area contributed by atoms with E-state index in [2.05, 4.69) is 40.5 Å². The van der Waals surface area contributed by atoms with E-state index in [-0.39, 0.29) is 0 Å². The molecule has 1 unspecified atom stereocenters. The number of nitrogens with zero attached hydrogens (tertiary/aromatic N) is 1. The van der Waals surface area contributed by atoms with Crippen LogP contribution in [0.1, 0.15) is 56.9 Å². The Bertz CT molecular complexity index is 395. The predicted octanol–water partition coefficient (Wildman–Crippen LogP) is 3.96. The molecule has 1 heterocycles. The van der Waals surface area contributed by atoms with Gasteiger partial charge in [-0.1, -0.05) is 62.4 Å². The highest BCUT2D eigenvalue weighted by Crippen LogP contribution is 2.20. The Morgan fingerprint density at radius 3 is 2.33 bits per heavy atom. The van der Waals surface area contributed by atoms with E-state index in [1.807, 2.05) is 0 Å². The van der Waals surface area contributed by atoms with E-state index in [9.17, 15) is 0 Å². The third kappa shape index (κ3) is 4.82. The molecular formula is C19H30N2. The van der Waals surface area contributed by atoms with E-state index < -0.39 is 0 Å². The molecule has 0 bridgehead atoms. The molecule has 2 heteroatoms. The van der Waals surface area contributed by atoms with Gasteiger partial charge in [-0.15, -0.1) is 0 Å². The summed E-state index contributed by atoms with van der Waals surface area (Å²) in [7, 11) is 0. The van der Waals surface area contributed by atoms with Crippen LogP contribution in [0.25, 0.3) is 0 Å². The summed E-state index contributed by atoms with van der Waals surface area (Å²) in [6, 6.07) is 12.4. The minimum Gasteiger partial charge on any atom is -0.310 e. The smallest absolute Gasteiger partial charge is 0.0234 e. The predicted molar refractivity (Wildman–Crippen MR) is 89.4 cm³/mol. The summed E-state index contributed by atoms with van der Waals surface area (Å²) in [6.45, 7) is 3.59. The third-order valence-electron chi connectivity index (χ3n) is 5.10. The molecule has 2 nitrogen and oxygen atoms in total. The minimum atomic E-state index is 0.720. The zero-order valence-corrected chi connectivity index (χ0v) is 13.3. The Morgan fingerprint density at radius 2 is 1.57 bits per heavy atom. The lowest BCUT2D eigenvalue weighted by atomic mass is 9.96. The van der Waals surface area contributed by atoms with Crippen molar-refractivity contribution in [3.8, 4) is 0 Å². The Balaban J connectivity index is 1.43. The van der Waals surface area contributed by atoms with Crippen molar-refractivity contribution in [2.75, 3.05) is 13.1 Å². The zero-order valence-electron chi connectivity index (χ0n) is 13.3. The fourth-order valence-corrected chi connectivity index (χ4v) is 3.91. The average Bonchev–Trinajstić information content (AvgIpc) is 2.90. The summed E-state index contributed by atoms with van der Waals surface area (Å²) < 4.78 is 0. The van der Waals surface area contributed by atoms with E-state index in [0.717, 1.165) is 18.6 Å². The number of benzene rings is 1. The van der Waals surface area contributed by atoms with Gasteiger partial charge in [0.05, 0.1) is 0 Å². The summed E-state index contributed by atoms with van der Waals surface area (Å²) in [6.07, 6.45) is 11.3. The number of likely N-dealkylation sites (tertiary alicyclic amines) is 1. The van der Waals surface area contributed by atoms with Crippen molar-refractivity contribution in [2.24, 2.45) is 0 Å². The van der Waals surface area contributed by atoms with Gasteiger partial charge in [0.2, 0.25) is 0 Å². The average molecular weight is 286 g/mol. The molecule has 1 aliphatic heterocycles. The highest BCUT2D eigenvalue weighted by molar-refractivity contribution is 5.14. The van der Waals surface area contributed by atoms with Crippen LogP contribution in [0, 0.1) is 0 Å². The fraction of sp³-hybridized carbons (Fsp3) is 0.684. The van der Waals surface area contributed by atoms with Gasteiger partial charge in [0.1, 0.15) is 0 Å². The molecule has 2 fully saturated rings. The van der Waals surface area contributed by atoms with Gasteiger partial charge in [0.15, 0.2) is 0 Å². The van der Waals surface area contributed by atoms with E-state index in [4.69, 9.17) is 0 Å².